The van der Waals surface area contributed by atoms with Crippen LogP contribution in [0.1, 0.15) is 34.0 Å². The van der Waals surface area contributed by atoms with E-state index in [-0.39, 0.29) is 18.4 Å². The van der Waals surface area contributed by atoms with Gasteiger partial charge in [0.25, 0.3) is 11.8 Å². The van der Waals surface area contributed by atoms with Crippen molar-refractivity contribution in [1.29, 1.82) is 0 Å². The van der Waals surface area contributed by atoms with E-state index in [1.807, 2.05) is 49.4 Å². The maximum atomic E-state index is 13.5. The molecule has 0 aromatic heterocycles. The molecule has 0 radical (unpaired) electrons. The Hall–Kier alpha value is -4.06. The minimum atomic E-state index is -0.344. The summed E-state index contributed by atoms with van der Waals surface area (Å²) < 4.78 is 16.2. The smallest absolute Gasteiger partial charge is 0.261 e. The first-order chi connectivity index (χ1) is 16.0. The Bertz CT molecular complexity index is 1210. The first-order valence-corrected chi connectivity index (χ1v) is 10.7. The molecule has 0 saturated carbocycles. The molecule has 33 heavy (non-hydrogen) atoms. The fraction of sp³-hybridized carbons (Fsp3) is 0.185. The Morgan fingerprint density at radius 2 is 1.55 bits per heavy atom. The van der Waals surface area contributed by atoms with E-state index in [1.54, 1.807) is 44.6 Å². The summed E-state index contributed by atoms with van der Waals surface area (Å²) in [7, 11) is 3.18. The summed E-state index contributed by atoms with van der Waals surface area (Å²) in [6.45, 7) is 2.55. The second-order valence-electron chi connectivity index (χ2n) is 7.49. The Kier molecular flexibility index (Phi) is 6.45. The van der Waals surface area contributed by atoms with Crippen molar-refractivity contribution in [2.45, 2.75) is 13.5 Å². The second kappa shape index (κ2) is 9.61. The topological polar surface area (TPSA) is 65.1 Å². The maximum absolute atomic E-state index is 13.5. The molecule has 0 bridgehead atoms. The van der Waals surface area contributed by atoms with Crippen LogP contribution in [0.25, 0.3) is 11.6 Å². The molecule has 168 valence electrons. The molecule has 2 amide bonds. The number of methoxy groups -OCH3 is 2. The van der Waals surface area contributed by atoms with Crippen LogP contribution >= 0.6 is 0 Å². The molecule has 3 aromatic rings. The van der Waals surface area contributed by atoms with Crippen molar-refractivity contribution in [3.8, 4) is 17.2 Å². The first-order valence-electron chi connectivity index (χ1n) is 10.7. The predicted molar refractivity (Wildman–Crippen MR) is 126 cm³/mol. The quantitative estimate of drug-likeness (QED) is 0.387. The Morgan fingerprint density at radius 1 is 0.818 bits per heavy atom. The molecule has 1 heterocycles. The van der Waals surface area contributed by atoms with Crippen LogP contribution in [0.15, 0.2) is 66.7 Å². The monoisotopic (exact) mass is 443 g/mol. The van der Waals surface area contributed by atoms with Crippen molar-refractivity contribution >= 4 is 23.5 Å². The summed E-state index contributed by atoms with van der Waals surface area (Å²) in [5, 5.41) is 0. The molecular formula is C27H25NO5. The number of fused-ring (bicyclic) bond motifs is 1. The van der Waals surface area contributed by atoms with E-state index in [2.05, 4.69) is 0 Å². The molecule has 0 unspecified atom stereocenters. The third kappa shape index (κ3) is 4.46. The summed E-state index contributed by atoms with van der Waals surface area (Å²) in [5.74, 6) is 1.27. The number of amides is 2. The highest BCUT2D eigenvalue weighted by Gasteiger charge is 2.34. The third-order valence-corrected chi connectivity index (χ3v) is 5.47. The van der Waals surface area contributed by atoms with Gasteiger partial charge in [-0.1, -0.05) is 36.4 Å². The van der Waals surface area contributed by atoms with Gasteiger partial charge in [0.2, 0.25) is 0 Å². The lowest BCUT2D eigenvalue weighted by Crippen LogP contribution is -2.41. The molecule has 6 nitrogen and oxygen atoms in total. The first kappa shape index (κ1) is 22.1. The fourth-order valence-corrected chi connectivity index (χ4v) is 3.82. The van der Waals surface area contributed by atoms with E-state index in [0.29, 0.717) is 40.6 Å². The van der Waals surface area contributed by atoms with Crippen LogP contribution in [0, 0.1) is 0 Å². The number of ether oxygens (including phenoxy) is 3. The summed E-state index contributed by atoms with van der Waals surface area (Å²) in [4.78, 5) is 28.0. The van der Waals surface area contributed by atoms with Gasteiger partial charge in [0.15, 0.2) is 11.5 Å². The zero-order chi connectivity index (χ0) is 23.4. The number of hydrogen-bond acceptors (Lipinski definition) is 5. The van der Waals surface area contributed by atoms with E-state index in [9.17, 15) is 9.59 Å². The second-order valence-corrected chi connectivity index (χ2v) is 7.49. The number of nitrogens with zero attached hydrogens (tertiary/aromatic N) is 1. The SMILES string of the molecule is CCOc1cc(/C=C2/C(=O)N(Cc3ccc(OC)cc3)C(=O)c3ccccc32)ccc1OC. The van der Waals surface area contributed by atoms with Crippen LogP contribution in [-0.4, -0.2) is 37.5 Å². The van der Waals surface area contributed by atoms with E-state index >= 15 is 0 Å². The zero-order valence-electron chi connectivity index (χ0n) is 18.8. The Morgan fingerprint density at radius 3 is 2.21 bits per heavy atom. The van der Waals surface area contributed by atoms with Gasteiger partial charge in [0.05, 0.1) is 27.4 Å². The fourth-order valence-electron chi connectivity index (χ4n) is 3.82. The molecule has 0 fully saturated rings. The van der Waals surface area contributed by atoms with E-state index in [1.165, 1.54) is 4.90 Å². The van der Waals surface area contributed by atoms with Gasteiger partial charge >= 0.3 is 0 Å². The van der Waals surface area contributed by atoms with Gasteiger partial charge in [-0.15, -0.1) is 0 Å². The van der Waals surface area contributed by atoms with E-state index in [4.69, 9.17) is 14.2 Å². The average Bonchev–Trinajstić information content (AvgIpc) is 2.85. The highest BCUT2D eigenvalue weighted by Crippen LogP contribution is 2.34. The molecule has 3 aromatic carbocycles. The molecule has 6 heteroatoms. The standard InChI is InChI=1S/C27H25NO5/c1-4-33-25-16-19(11-14-24(25)32-3)15-23-21-7-5-6-8-22(21)26(29)28(27(23)30)17-18-9-12-20(31-2)13-10-18/h5-16H,4,17H2,1-3H3/b23-15+. The van der Waals surface area contributed by atoms with Crippen molar-refractivity contribution in [2.24, 2.45) is 0 Å². The van der Waals surface area contributed by atoms with Gasteiger partial charge < -0.3 is 14.2 Å². The van der Waals surface area contributed by atoms with Crippen molar-refractivity contribution < 1.29 is 23.8 Å². The van der Waals surface area contributed by atoms with Crippen LogP contribution < -0.4 is 14.2 Å². The minimum absolute atomic E-state index is 0.167. The molecule has 0 spiro atoms. The molecule has 0 aliphatic carbocycles. The molecule has 4 rings (SSSR count). The average molecular weight is 443 g/mol. The molecule has 1 aliphatic rings. The number of carbonyl (C=O) groups excluding carboxylic acids is 2. The normalized spacial score (nSPS) is 14.3. The summed E-state index contributed by atoms with van der Waals surface area (Å²) in [6, 6.07) is 20.0. The number of imide groups is 1. The van der Waals surface area contributed by atoms with Crippen molar-refractivity contribution in [3.05, 3.63) is 89.0 Å². The lowest BCUT2D eigenvalue weighted by molar-refractivity contribution is -0.123. The highest BCUT2D eigenvalue weighted by atomic mass is 16.5. The lowest BCUT2D eigenvalue weighted by atomic mass is 9.91. The summed E-state index contributed by atoms with van der Waals surface area (Å²) in [6.07, 6.45) is 1.79. The number of carbonyl (C=O) groups is 2. The van der Waals surface area contributed by atoms with Crippen LogP contribution in [0.5, 0.6) is 17.2 Å². The Labute approximate surface area is 193 Å². The number of benzene rings is 3. The highest BCUT2D eigenvalue weighted by molar-refractivity contribution is 6.33. The molecule has 1 aliphatic heterocycles. The van der Waals surface area contributed by atoms with E-state index in [0.717, 1.165) is 11.1 Å². The molecule has 0 saturated heterocycles. The van der Waals surface area contributed by atoms with Crippen LogP contribution in [0.3, 0.4) is 0 Å². The van der Waals surface area contributed by atoms with Gasteiger partial charge in [0, 0.05) is 11.1 Å². The maximum Gasteiger partial charge on any atom is 0.261 e. The molecular weight excluding hydrogens is 418 g/mol. The summed E-state index contributed by atoms with van der Waals surface area (Å²) in [5.41, 5.74) is 3.17. The van der Waals surface area contributed by atoms with Gasteiger partial charge in [-0.05, 0) is 60.0 Å². The molecule has 0 N–H and O–H groups in total. The van der Waals surface area contributed by atoms with Gasteiger partial charge in [-0.25, -0.2) is 0 Å². The van der Waals surface area contributed by atoms with E-state index < -0.39 is 0 Å². The van der Waals surface area contributed by atoms with Crippen molar-refractivity contribution in [1.82, 2.24) is 4.90 Å². The zero-order valence-corrected chi connectivity index (χ0v) is 18.8. The number of rotatable bonds is 7. The van der Waals surface area contributed by atoms with Crippen molar-refractivity contribution in [2.75, 3.05) is 20.8 Å². The minimum Gasteiger partial charge on any atom is -0.497 e. The van der Waals surface area contributed by atoms with Gasteiger partial charge in [0.1, 0.15) is 5.75 Å². The third-order valence-electron chi connectivity index (χ3n) is 5.47. The largest absolute Gasteiger partial charge is 0.497 e. The van der Waals surface area contributed by atoms with Gasteiger partial charge in [-0.3, -0.25) is 14.5 Å². The van der Waals surface area contributed by atoms with Crippen LogP contribution in [0.4, 0.5) is 0 Å². The van der Waals surface area contributed by atoms with Crippen LogP contribution in [0.2, 0.25) is 0 Å². The number of hydrogen-bond donors (Lipinski definition) is 0. The molecule has 0 atom stereocenters. The Balaban J connectivity index is 1.75. The van der Waals surface area contributed by atoms with Crippen LogP contribution in [-0.2, 0) is 11.3 Å². The van der Waals surface area contributed by atoms with Crippen molar-refractivity contribution in [3.63, 3.8) is 0 Å². The van der Waals surface area contributed by atoms with Gasteiger partial charge in [-0.2, -0.15) is 0 Å². The lowest BCUT2D eigenvalue weighted by Gasteiger charge is -2.29. The predicted octanol–water partition coefficient (Wildman–Crippen LogP) is 4.83. The summed E-state index contributed by atoms with van der Waals surface area (Å²) >= 11 is 0.